The molecule has 0 unspecified atom stereocenters. The first-order valence-corrected chi connectivity index (χ1v) is 12.6. The van der Waals surface area contributed by atoms with Gasteiger partial charge in [-0.25, -0.2) is 0 Å². The summed E-state index contributed by atoms with van der Waals surface area (Å²) in [5, 5.41) is 1.07. The molecule has 0 saturated carbocycles. The van der Waals surface area contributed by atoms with E-state index >= 15 is 0 Å². The summed E-state index contributed by atoms with van der Waals surface area (Å²) >= 11 is 12.4. The van der Waals surface area contributed by atoms with E-state index in [-0.39, 0.29) is 12.0 Å². The monoisotopic (exact) mass is 527 g/mol. The van der Waals surface area contributed by atoms with E-state index in [1.165, 1.54) is 0 Å². The number of halogens is 2. The molecule has 1 amide bonds. The number of benzene rings is 2. The lowest BCUT2D eigenvalue weighted by molar-refractivity contribution is -0.164. The Hall–Kier alpha value is -2.84. The van der Waals surface area contributed by atoms with Gasteiger partial charge >= 0.3 is 0 Å². The molecule has 1 aromatic heterocycles. The molecule has 188 valence electrons. The molecule has 7 nitrogen and oxygen atoms in total. The minimum absolute atomic E-state index is 0.0217. The van der Waals surface area contributed by atoms with Crippen molar-refractivity contribution < 1.29 is 19.0 Å². The highest BCUT2D eigenvalue weighted by molar-refractivity contribution is 6.35. The van der Waals surface area contributed by atoms with Crippen molar-refractivity contribution in [2.45, 2.75) is 18.8 Å². The maximum absolute atomic E-state index is 12.6. The summed E-state index contributed by atoms with van der Waals surface area (Å²) in [7, 11) is 0. The normalized spacial score (nSPS) is 22.0. The van der Waals surface area contributed by atoms with Crippen molar-refractivity contribution in [1.82, 2.24) is 9.88 Å². The third-order valence-corrected chi connectivity index (χ3v) is 6.99. The van der Waals surface area contributed by atoms with E-state index in [4.69, 9.17) is 37.4 Å². The number of ether oxygens (including phenoxy) is 3. The van der Waals surface area contributed by atoms with E-state index in [1.807, 2.05) is 54.3 Å². The van der Waals surface area contributed by atoms with Crippen LogP contribution in [0.15, 0.2) is 66.9 Å². The molecular weight excluding hydrogens is 501 g/mol. The number of pyridine rings is 1. The van der Waals surface area contributed by atoms with Crippen molar-refractivity contribution in [2.24, 2.45) is 0 Å². The summed E-state index contributed by atoms with van der Waals surface area (Å²) in [4.78, 5) is 20.9. The Kier molecular flexibility index (Phi) is 7.34. The quantitative estimate of drug-likeness (QED) is 0.448. The third-order valence-electron chi connectivity index (χ3n) is 6.45. The molecule has 0 N–H and O–H groups in total. The number of carbonyl (C=O) groups is 1. The maximum atomic E-state index is 12.6. The molecule has 0 aliphatic carbocycles. The summed E-state index contributed by atoms with van der Waals surface area (Å²) in [6, 6.07) is 18.6. The van der Waals surface area contributed by atoms with E-state index in [0.29, 0.717) is 42.0 Å². The van der Waals surface area contributed by atoms with Gasteiger partial charge in [-0.1, -0.05) is 35.3 Å². The zero-order chi connectivity index (χ0) is 25.1. The minimum Gasteiger partial charge on any atom is -0.491 e. The van der Waals surface area contributed by atoms with Crippen LogP contribution in [0.3, 0.4) is 0 Å². The number of piperazine rings is 1. The molecule has 9 heteroatoms. The molecule has 2 atom stereocenters. The number of hydrogen-bond acceptors (Lipinski definition) is 6. The van der Waals surface area contributed by atoms with Gasteiger partial charge in [0.05, 0.1) is 11.6 Å². The summed E-state index contributed by atoms with van der Waals surface area (Å²) in [5.41, 5.74) is 2.32. The van der Waals surface area contributed by atoms with E-state index in [9.17, 15) is 4.79 Å². The van der Waals surface area contributed by atoms with Crippen LogP contribution in [0.5, 0.6) is 5.75 Å². The second-order valence-electron chi connectivity index (χ2n) is 8.92. The maximum Gasteiger partial charge on any atom is 0.272 e. The van der Waals surface area contributed by atoms with Crippen molar-refractivity contribution in [3.05, 3.63) is 88.2 Å². The van der Waals surface area contributed by atoms with Gasteiger partial charge < -0.3 is 24.0 Å². The first-order chi connectivity index (χ1) is 17.4. The van der Waals surface area contributed by atoms with Gasteiger partial charge in [0.25, 0.3) is 5.91 Å². The van der Waals surface area contributed by atoms with Crippen molar-refractivity contribution >= 4 is 34.8 Å². The van der Waals surface area contributed by atoms with Gasteiger partial charge in [-0.3, -0.25) is 9.78 Å². The predicted octanol–water partition coefficient (Wildman–Crippen LogP) is 5.02. The molecule has 5 rings (SSSR count). The van der Waals surface area contributed by atoms with E-state index in [0.717, 1.165) is 30.1 Å². The Labute approximate surface area is 220 Å². The van der Waals surface area contributed by atoms with Crippen molar-refractivity contribution in [3.63, 3.8) is 0 Å². The lowest BCUT2D eigenvalue weighted by atomic mass is 10.1. The summed E-state index contributed by atoms with van der Waals surface area (Å²) < 4.78 is 18.0. The number of nitrogens with zero attached hydrogens (tertiary/aromatic N) is 3. The van der Waals surface area contributed by atoms with Crippen LogP contribution in [-0.4, -0.2) is 61.3 Å². The number of anilines is 1. The molecular formula is C27H27Cl2N3O4. The van der Waals surface area contributed by atoms with Crippen LogP contribution >= 0.6 is 23.2 Å². The van der Waals surface area contributed by atoms with E-state index < -0.39 is 5.79 Å². The van der Waals surface area contributed by atoms with E-state index in [1.54, 1.807) is 24.4 Å². The first-order valence-electron chi connectivity index (χ1n) is 11.9. The van der Waals surface area contributed by atoms with Crippen LogP contribution in [0.4, 0.5) is 5.69 Å². The minimum atomic E-state index is -0.945. The highest BCUT2D eigenvalue weighted by atomic mass is 35.5. The fourth-order valence-electron chi connectivity index (χ4n) is 4.48. The van der Waals surface area contributed by atoms with Crippen LogP contribution in [0.25, 0.3) is 0 Å². The summed E-state index contributed by atoms with van der Waals surface area (Å²) in [6.07, 6.45) is 1.42. The fourth-order valence-corrected chi connectivity index (χ4v) is 5.06. The van der Waals surface area contributed by atoms with Crippen LogP contribution in [0.2, 0.25) is 10.0 Å². The van der Waals surface area contributed by atoms with Crippen LogP contribution < -0.4 is 9.64 Å². The molecule has 3 aromatic rings. The largest absolute Gasteiger partial charge is 0.491 e. The Balaban J connectivity index is 1.11. The van der Waals surface area contributed by atoms with Crippen molar-refractivity contribution in [2.75, 3.05) is 44.3 Å². The summed E-state index contributed by atoms with van der Waals surface area (Å²) in [5.74, 6) is -0.212. The standard InChI is InChI=1S/C27H27Cl2N3O4/c1-27(23-10-5-19(28)16-24(23)29)35-18-22(36-27)17-34-21-8-6-20(7-9-21)31-12-14-32(15-13-31)26(33)25-4-2-3-11-30-25/h2-11,16,22H,12-15,17-18H2,1H3/t22-,27+/m1/s1. The Morgan fingerprint density at radius 2 is 1.86 bits per heavy atom. The molecule has 0 bridgehead atoms. The number of rotatable bonds is 6. The van der Waals surface area contributed by atoms with Gasteiger partial charge in [-0.05, 0) is 55.5 Å². The average Bonchev–Trinajstić information content (AvgIpc) is 3.29. The van der Waals surface area contributed by atoms with Gasteiger partial charge in [0.2, 0.25) is 0 Å². The van der Waals surface area contributed by atoms with Gasteiger partial charge in [0.1, 0.15) is 24.2 Å². The lowest BCUT2D eigenvalue weighted by Crippen LogP contribution is -2.49. The molecule has 2 aromatic carbocycles. The number of aromatic nitrogens is 1. The molecule has 2 aliphatic heterocycles. The molecule has 0 radical (unpaired) electrons. The smallest absolute Gasteiger partial charge is 0.272 e. The number of amides is 1. The van der Waals surface area contributed by atoms with Crippen molar-refractivity contribution in [3.8, 4) is 5.75 Å². The van der Waals surface area contributed by atoms with Crippen LogP contribution in [-0.2, 0) is 15.3 Å². The SMILES string of the molecule is C[C@]1(c2ccc(Cl)cc2Cl)OC[C@@H](COc2ccc(N3CCN(C(=O)c4ccccn4)CC3)cc2)O1. The number of carbonyl (C=O) groups excluding carboxylic acids is 1. The molecule has 0 spiro atoms. The first kappa shape index (κ1) is 24.8. The average molecular weight is 528 g/mol. The van der Waals surface area contributed by atoms with Crippen LogP contribution in [0, 0.1) is 0 Å². The highest BCUT2D eigenvalue weighted by Gasteiger charge is 2.40. The van der Waals surface area contributed by atoms with Gasteiger partial charge in [-0.15, -0.1) is 0 Å². The molecule has 2 fully saturated rings. The van der Waals surface area contributed by atoms with E-state index in [2.05, 4.69) is 9.88 Å². The Morgan fingerprint density at radius 3 is 2.56 bits per heavy atom. The van der Waals surface area contributed by atoms with Crippen LogP contribution in [0.1, 0.15) is 23.0 Å². The zero-order valence-electron chi connectivity index (χ0n) is 19.9. The Bertz CT molecular complexity index is 1200. The topological polar surface area (TPSA) is 64.1 Å². The Morgan fingerprint density at radius 1 is 1.08 bits per heavy atom. The lowest BCUT2D eigenvalue weighted by Gasteiger charge is -2.36. The second kappa shape index (κ2) is 10.6. The predicted molar refractivity (Wildman–Crippen MR) is 139 cm³/mol. The third kappa shape index (κ3) is 5.44. The molecule has 3 heterocycles. The van der Waals surface area contributed by atoms with Gasteiger partial charge in [0.15, 0.2) is 5.79 Å². The molecule has 36 heavy (non-hydrogen) atoms. The van der Waals surface area contributed by atoms with Gasteiger partial charge in [-0.2, -0.15) is 0 Å². The number of hydrogen-bond donors (Lipinski definition) is 0. The van der Waals surface area contributed by atoms with Gasteiger partial charge in [0, 0.05) is 48.6 Å². The van der Waals surface area contributed by atoms with Crippen molar-refractivity contribution in [1.29, 1.82) is 0 Å². The zero-order valence-corrected chi connectivity index (χ0v) is 21.4. The fraction of sp³-hybridized carbons (Fsp3) is 0.333. The highest BCUT2D eigenvalue weighted by Crippen LogP contribution is 2.38. The molecule has 2 saturated heterocycles. The molecule has 2 aliphatic rings. The summed E-state index contributed by atoms with van der Waals surface area (Å²) in [6.45, 7) is 5.44. The second-order valence-corrected chi connectivity index (χ2v) is 9.76.